The van der Waals surface area contributed by atoms with Crippen LogP contribution in [0.4, 0.5) is 4.79 Å². The van der Waals surface area contributed by atoms with E-state index >= 15 is 0 Å². The summed E-state index contributed by atoms with van der Waals surface area (Å²) in [5.41, 5.74) is 5.39. The second kappa shape index (κ2) is 5.23. The van der Waals surface area contributed by atoms with Gasteiger partial charge in [0.1, 0.15) is 5.60 Å². The summed E-state index contributed by atoms with van der Waals surface area (Å²) in [7, 11) is 0. The van der Waals surface area contributed by atoms with Crippen LogP contribution in [0.25, 0.3) is 0 Å². The van der Waals surface area contributed by atoms with Gasteiger partial charge in [-0.3, -0.25) is 0 Å². The standard InChI is InChI=1S/C12H24N2O3/c1-8(15)9-5-10(13)7-14(6-9)11(16)17-12(2,3)4/h8-10,15H,5-7,13H2,1-4H3. The molecular weight excluding hydrogens is 220 g/mol. The summed E-state index contributed by atoms with van der Waals surface area (Å²) in [5.74, 6) is 0.0336. The van der Waals surface area contributed by atoms with E-state index in [9.17, 15) is 9.90 Å². The number of aliphatic hydroxyl groups excluding tert-OH is 1. The normalized spacial score (nSPS) is 27.8. The van der Waals surface area contributed by atoms with Crippen molar-refractivity contribution in [3.05, 3.63) is 0 Å². The quantitative estimate of drug-likeness (QED) is 0.720. The minimum atomic E-state index is -0.501. The lowest BCUT2D eigenvalue weighted by Crippen LogP contribution is -2.52. The average Bonchev–Trinajstić information content (AvgIpc) is 2.13. The molecule has 0 radical (unpaired) electrons. The molecule has 1 amide bonds. The molecule has 17 heavy (non-hydrogen) atoms. The van der Waals surface area contributed by atoms with Crippen LogP contribution in [0.3, 0.4) is 0 Å². The molecule has 0 bridgehead atoms. The van der Waals surface area contributed by atoms with Crippen LogP contribution in [-0.2, 0) is 4.74 Å². The number of hydrogen-bond acceptors (Lipinski definition) is 4. The minimum Gasteiger partial charge on any atom is -0.444 e. The van der Waals surface area contributed by atoms with Gasteiger partial charge in [0.2, 0.25) is 0 Å². The van der Waals surface area contributed by atoms with Gasteiger partial charge < -0.3 is 20.5 Å². The molecule has 1 heterocycles. The van der Waals surface area contributed by atoms with E-state index in [-0.39, 0.29) is 18.1 Å². The molecule has 0 saturated carbocycles. The van der Waals surface area contributed by atoms with Gasteiger partial charge in [-0.1, -0.05) is 0 Å². The third kappa shape index (κ3) is 4.52. The molecule has 1 aliphatic rings. The number of amides is 1. The molecule has 1 saturated heterocycles. The lowest BCUT2D eigenvalue weighted by Gasteiger charge is -2.38. The van der Waals surface area contributed by atoms with Gasteiger partial charge in [-0.05, 0) is 34.1 Å². The molecular formula is C12H24N2O3. The second-order valence-electron chi connectivity index (χ2n) is 5.88. The predicted molar refractivity (Wildman–Crippen MR) is 65.6 cm³/mol. The van der Waals surface area contributed by atoms with Gasteiger partial charge in [-0.15, -0.1) is 0 Å². The van der Waals surface area contributed by atoms with Crippen molar-refractivity contribution >= 4 is 6.09 Å². The predicted octanol–water partition coefficient (Wildman–Crippen LogP) is 0.951. The number of aliphatic hydroxyl groups is 1. The Labute approximate surface area is 103 Å². The van der Waals surface area contributed by atoms with Crippen LogP contribution in [0.2, 0.25) is 0 Å². The highest BCUT2D eigenvalue weighted by Crippen LogP contribution is 2.21. The molecule has 1 aliphatic heterocycles. The molecule has 0 aromatic carbocycles. The minimum absolute atomic E-state index is 0.0336. The zero-order valence-corrected chi connectivity index (χ0v) is 11.1. The molecule has 3 unspecified atom stereocenters. The fraction of sp³-hybridized carbons (Fsp3) is 0.917. The second-order valence-corrected chi connectivity index (χ2v) is 5.88. The molecule has 5 nitrogen and oxygen atoms in total. The van der Waals surface area contributed by atoms with Crippen molar-refractivity contribution in [1.29, 1.82) is 0 Å². The molecule has 0 aliphatic carbocycles. The largest absolute Gasteiger partial charge is 0.444 e. The third-order valence-corrected chi connectivity index (χ3v) is 2.85. The van der Waals surface area contributed by atoms with E-state index in [0.29, 0.717) is 13.1 Å². The Morgan fingerprint density at radius 1 is 1.47 bits per heavy atom. The number of nitrogens with zero attached hydrogens (tertiary/aromatic N) is 1. The molecule has 5 heteroatoms. The van der Waals surface area contributed by atoms with Gasteiger partial charge in [-0.2, -0.15) is 0 Å². The van der Waals surface area contributed by atoms with Crippen LogP contribution in [0, 0.1) is 5.92 Å². The Hall–Kier alpha value is -0.810. The van der Waals surface area contributed by atoms with Crippen LogP contribution in [0.5, 0.6) is 0 Å². The number of rotatable bonds is 1. The summed E-state index contributed by atoms with van der Waals surface area (Å²) >= 11 is 0. The van der Waals surface area contributed by atoms with Crippen LogP contribution in [-0.4, -0.2) is 46.9 Å². The van der Waals surface area contributed by atoms with Gasteiger partial charge in [0.15, 0.2) is 0 Å². The SMILES string of the molecule is CC(O)C1CC(N)CN(C(=O)OC(C)(C)C)C1. The fourth-order valence-corrected chi connectivity index (χ4v) is 2.00. The maximum Gasteiger partial charge on any atom is 0.410 e. The van der Waals surface area contributed by atoms with Crippen molar-refractivity contribution in [3.8, 4) is 0 Å². The lowest BCUT2D eigenvalue weighted by atomic mass is 9.91. The van der Waals surface area contributed by atoms with Crippen LogP contribution < -0.4 is 5.73 Å². The van der Waals surface area contributed by atoms with Crippen molar-refractivity contribution in [3.63, 3.8) is 0 Å². The molecule has 1 rings (SSSR count). The van der Waals surface area contributed by atoms with E-state index in [1.807, 2.05) is 20.8 Å². The molecule has 3 N–H and O–H groups in total. The first kappa shape index (κ1) is 14.3. The number of ether oxygens (including phenoxy) is 1. The van der Waals surface area contributed by atoms with Crippen molar-refractivity contribution in [1.82, 2.24) is 4.90 Å². The van der Waals surface area contributed by atoms with Crippen molar-refractivity contribution < 1.29 is 14.6 Å². The van der Waals surface area contributed by atoms with E-state index in [1.54, 1.807) is 11.8 Å². The molecule has 0 aromatic rings. The van der Waals surface area contributed by atoms with Crippen LogP contribution >= 0.6 is 0 Å². The zero-order chi connectivity index (χ0) is 13.2. The number of hydrogen-bond donors (Lipinski definition) is 2. The highest BCUT2D eigenvalue weighted by atomic mass is 16.6. The van der Waals surface area contributed by atoms with Gasteiger partial charge in [0, 0.05) is 25.0 Å². The van der Waals surface area contributed by atoms with E-state index in [2.05, 4.69) is 0 Å². The average molecular weight is 244 g/mol. The van der Waals surface area contributed by atoms with Crippen LogP contribution in [0.15, 0.2) is 0 Å². The van der Waals surface area contributed by atoms with Crippen molar-refractivity contribution in [2.24, 2.45) is 11.7 Å². The number of piperidine rings is 1. The maximum absolute atomic E-state index is 11.9. The molecule has 0 aromatic heterocycles. The summed E-state index contributed by atoms with van der Waals surface area (Å²) in [6, 6.07) is -0.0872. The highest BCUT2D eigenvalue weighted by Gasteiger charge is 2.32. The Morgan fingerprint density at radius 3 is 2.53 bits per heavy atom. The van der Waals surface area contributed by atoms with E-state index in [1.165, 1.54) is 0 Å². The first-order chi connectivity index (χ1) is 7.69. The number of nitrogens with two attached hydrogens (primary N) is 1. The van der Waals surface area contributed by atoms with E-state index in [0.717, 1.165) is 6.42 Å². The Kier molecular flexibility index (Phi) is 4.38. The smallest absolute Gasteiger partial charge is 0.410 e. The van der Waals surface area contributed by atoms with E-state index in [4.69, 9.17) is 10.5 Å². The Morgan fingerprint density at radius 2 is 2.06 bits per heavy atom. The van der Waals surface area contributed by atoms with Crippen molar-refractivity contribution in [2.75, 3.05) is 13.1 Å². The Balaban J connectivity index is 2.61. The summed E-state index contributed by atoms with van der Waals surface area (Å²) in [6.45, 7) is 8.25. The first-order valence-electron chi connectivity index (χ1n) is 6.10. The van der Waals surface area contributed by atoms with Crippen molar-refractivity contribution in [2.45, 2.75) is 51.9 Å². The Bertz CT molecular complexity index is 273. The molecule has 3 atom stereocenters. The first-order valence-corrected chi connectivity index (χ1v) is 6.10. The molecule has 1 fully saturated rings. The topological polar surface area (TPSA) is 75.8 Å². The summed E-state index contributed by atoms with van der Waals surface area (Å²) in [5, 5.41) is 9.59. The van der Waals surface area contributed by atoms with Crippen LogP contribution in [0.1, 0.15) is 34.1 Å². The fourth-order valence-electron chi connectivity index (χ4n) is 2.00. The highest BCUT2D eigenvalue weighted by molar-refractivity contribution is 5.68. The number of carbonyl (C=O) groups is 1. The summed E-state index contributed by atoms with van der Waals surface area (Å²) in [6.07, 6.45) is -0.0543. The third-order valence-electron chi connectivity index (χ3n) is 2.85. The maximum atomic E-state index is 11.9. The number of likely N-dealkylation sites (tertiary alicyclic amines) is 1. The molecule has 100 valence electrons. The monoisotopic (exact) mass is 244 g/mol. The van der Waals surface area contributed by atoms with Gasteiger partial charge >= 0.3 is 6.09 Å². The van der Waals surface area contributed by atoms with Gasteiger partial charge in [0.05, 0.1) is 6.10 Å². The molecule has 0 spiro atoms. The van der Waals surface area contributed by atoms with Gasteiger partial charge in [0.25, 0.3) is 0 Å². The number of carbonyl (C=O) groups excluding carboxylic acids is 1. The summed E-state index contributed by atoms with van der Waals surface area (Å²) in [4.78, 5) is 13.5. The van der Waals surface area contributed by atoms with Gasteiger partial charge in [-0.25, -0.2) is 4.79 Å². The van der Waals surface area contributed by atoms with E-state index < -0.39 is 11.7 Å². The zero-order valence-electron chi connectivity index (χ0n) is 11.1. The summed E-state index contributed by atoms with van der Waals surface area (Å²) < 4.78 is 5.30. The lowest BCUT2D eigenvalue weighted by molar-refractivity contribution is 0.00216.